The van der Waals surface area contributed by atoms with Crippen molar-refractivity contribution in [2.24, 2.45) is 0 Å². The van der Waals surface area contributed by atoms with Gasteiger partial charge in [-0.25, -0.2) is 13.1 Å². The molecule has 0 aliphatic carbocycles. The Morgan fingerprint density at radius 2 is 1.77 bits per heavy atom. The standard InChI is InChI=1S/C29H31N5O4S/c1-19-10-11-21(17-26(19)39(36,37)30-18-23-7-6-16-38-23)27-24-8-4-5-9-25(24)28(33-32-27)31-22-14-12-20(13-15-22)29(35)34(2)3/h4-5,8-15,17,23,30H,6-7,16,18H2,1-3H3,(H,31,33)/t23-/m0/s1. The van der Waals surface area contributed by atoms with Gasteiger partial charge in [0.25, 0.3) is 5.91 Å². The van der Waals surface area contributed by atoms with Crippen LogP contribution in [0.2, 0.25) is 0 Å². The highest BCUT2D eigenvalue weighted by Crippen LogP contribution is 2.33. The number of hydrogen-bond acceptors (Lipinski definition) is 7. The minimum Gasteiger partial charge on any atom is -0.377 e. The van der Waals surface area contributed by atoms with Crippen molar-refractivity contribution in [3.8, 4) is 11.3 Å². The van der Waals surface area contributed by atoms with Crippen molar-refractivity contribution < 1.29 is 17.9 Å². The second-order valence-electron chi connectivity index (χ2n) is 9.81. The maximum absolute atomic E-state index is 13.2. The summed E-state index contributed by atoms with van der Waals surface area (Å²) in [5.41, 5.74) is 3.23. The Hall–Kier alpha value is -3.86. The van der Waals surface area contributed by atoms with Crippen LogP contribution in [0.25, 0.3) is 22.0 Å². The maximum atomic E-state index is 13.2. The van der Waals surface area contributed by atoms with Crippen LogP contribution in [-0.4, -0.2) is 62.8 Å². The van der Waals surface area contributed by atoms with Gasteiger partial charge in [0, 0.05) is 54.8 Å². The van der Waals surface area contributed by atoms with E-state index in [1.165, 1.54) is 4.90 Å². The Kier molecular flexibility index (Phi) is 7.60. The summed E-state index contributed by atoms with van der Waals surface area (Å²) in [6.45, 7) is 2.69. The summed E-state index contributed by atoms with van der Waals surface area (Å²) in [5, 5.41) is 13.9. The lowest BCUT2D eigenvalue weighted by molar-refractivity contribution is 0.0827. The van der Waals surface area contributed by atoms with Gasteiger partial charge in [0.05, 0.1) is 11.0 Å². The topological polar surface area (TPSA) is 114 Å². The highest BCUT2D eigenvalue weighted by Gasteiger charge is 2.23. The highest BCUT2D eigenvalue weighted by atomic mass is 32.2. The predicted octanol–water partition coefficient (Wildman–Crippen LogP) is 4.51. The van der Waals surface area contributed by atoms with E-state index in [1.54, 1.807) is 45.3 Å². The molecule has 1 amide bonds. The third-order valence-electron chi connectivity index (χ3n) is 6.76. The second kappa shape index (κ2) is 11.1. The van der Waals surface area contributed by atoms with Gasteiger partial charge in [-0.2, -0.15) is 0 Å². The molecule has 1 saturated heterocycles. The van der Waals surface area contributed by atoms with E-state index in [2.05, 4.69) is 20.2 Å². The molecule has 10 heteroatoms. The quantitative estimate of drug-likeness (QED) is 0.335. The smallest absolute Gasteiger partial charge is 0.253 e. The fourth-order valence-corrected chi connectivity index (χ4v) is 5.96. The van der Waals surface area contributed by atoms with E-state index in [1.807, 2.05) is 42.5 Å². The van der Waals surface area contributed by atoms with Crippen LogP contribution in [0, 0.1) is 6.92 Å². The average Bonchev–Trinajstić information content (AvgIpc) is 3.46. The number of carbonyl (C=O) groups is 1. The summed E-state index contributed by atoms with van der Waals surface area (Å²) in [4.78, 5) is 13.9. The van der Waals surface area contributed by atoms with Crippen molar-refractivity contribution in [1.29, 1.82) is 0 Å². The molecule has 2 heterocycles. The van der Waals surface area contributed by atoms with Crippen LogP contribution in [0.4, 0.5) is 11.5 Å². The molecule has 5 rings (SSSR count). The zero-order valence-corrected chi connectivity index (χ0v) is 23.0. The molecule has 1 atom stereocenters. The molecule has 1 aliphatic rings. The van der Waals surface area contributed by atoms with Crippen LogP contribution < -0.4 is 10.0 Å². The van der Waals surface area contributed by atoms with Crippen LogP contribution in [0.1, 0.15) is 28.8 Å². The van der Waals surface area contributed by atoms with Crippen LogP contribution in [0.3, 0.4) is 0 Å². The molecule has 202 valence electrons. The van der Waals surface area contributed by atoms with Crippen molar-refractivity contribution in [2.75, 3.05) is 32.6 Å². The van der Waals surface area contributed by atoms with Gasteiger partial charge in [0.1, 0.15) is 5.69 Å². The van der Waals surface area contributed by atoms with Gasteiger partial charge in [-0.05, 0) is 55.7 Å². The summed E-state index contributed by atoms with van der Waals surface area (Å²) in [6.07, 6.45) is 1.70. The Bertz CT molecular complexity index is 1620. The molecule has 1 aromatic heterocycles. The number of sulfonamides is 1. The zero-order valence-electron chi connectivity index (χ0n) is 22.1. The van der Waals surface area contributed by atoms with Gasteiger partial charge in [-0.3, -0.25) is 4.79 Å². The number of nitrogens with one attached hydrogen (secondary N) is 2. The van der Waals surface area contributed by atoms with E-state index in [9.17, 15) is 13.2 Å². The molecule has 2 N–H and O–H groups in total. The summed E-state index contributed by atoms with van der Waals surface area (Å²) in [7, 11) is -0.315. The zero-order chi connectivity index (χ0) is 27.6. The molecule has 3 aromatic carbocycles. The Morgan fingerprint density at radius 3 is 2.46 bits per heavy atom. The number of nitrogens with zero attached hydrogens (tertiary/aromatic N) is 3. The third-order valence-corrected chi connectivity index (χ3v) is 8.33. The molecule has 0 spiro atoms. The van der Waals surface area contributed by atoms with Gasteiger partial charge in [0.15, 0.2) is 5.82 Å². The minimum absolute atomic E-state index is 0.0716. The van der Waals surface area contributed by atoms with E-state index >= 15 is 0 Å². The average molecular weight is 546 g/mol. The summed E-state index contributed by atoms with van der Waals surface area (Å²) in [6, 6.07) is 20.2. The molecule has 9 nitrogen and oxygen atoms in total. The normalized spacial score (nSPS) is 15.4. The lowest BCUT2D eigenvalue weighted by atomic mass is 10.0. The number of hydrogen-bond donors (Lipinski definition) is 2. The number of rotatable bonds is 8. The molecule has 39 heavy (non-hydrogen) atoms. The van der Waals surface area contributed by atoms with E-state index < -0.39 is 10.0 Å². The van der Waals surface area contributed by atoms with Crippen molar-refractivity contribution in [2.45, 2.75) is 30.8 Å². The summed E-state index contributed by atoms with van der Waals surface area (Å²) >= 11 is 0. The molecular weight excluding hydrogens is 514 g/mol. The number of anilines is 2. The Labute approximate surface area is 228 Å². The first-order valence-electron chi connectivity index (χ1n) is 12.8. The van der Waals surface area contributed by atoms with Crippen molar-refractivity contribution >= 4 is 38.2 Å². The number of aromatic nitrogens is 2. The fraction of sp³-hybridized carbons (Fsp3) is 0.276. The Balaban J connectivity index is 1.45. The van der Waals surface area contributed by atoms with Crippen LogP contribution >= 0.6 is 0 Å². The predicted molar refractivity (Wildman–Crippen MR) is 152 cm³/mol. The summed E-state index contributed by atoms with van der Waals surface area (Å²) in [5.74, 6) is 0.483. The molecule has 0 saturated carbocycles. The molecule has 0 radical (unpaired) electrons. The molecule has 4 aromatic rings. The number of fused-ring (bicyclic) bond motifs is 1. The van der Waals surface area contributed by atoms with Gasteiger partial charge >= 0.3 is 0 Å². The molecule has 1 aliphatic heterocycles. The van der Waals surface area contributed by atoms with Crippen LogP contribution in [0.15, 0.2) is 71.6 Å². The third kappa shape index (κ3) is 5.78. The van der Waals surface area contributed by atoms with E-state index in [4.69, 9.17) is 4.74 Å². The van der Waals surface area contributed by atoms with E-state index in [-0.39, 0.29) is 23.5 Å². The largest absolute Gasteiger partial charge is 0.377 e. The lowest BCUT2D eigenvalue weighted by Crippen LogP contribution is -2.32. The number of benzene rings is 3. The van der Waals surface area contributed by atoms with Gasteiger partial charge in [0.2, 0.25) is 10.0 Å². The van der Waals surface area contributed by atoms with E-state index in [0.29, 0.717) is 34.8 Å². The number of amides is 1. The molecule has 0 bridgehead atoms. The van der Waals surface area contributed by atoms with Crippen molar-refractivity contribution in [1.82, 2.24) is 19.8 Å². The molecule has 0 unspecified atom stereocenters. The second-order valence-corrected chi connectivity index (χ2v) is 11.5. The number of carbonyl (C=O) groups excluding carboxylic acids is 1. The van der Waals surface area contributed by atoms with Crippen molar-refractivity contribution in [3.63, 3.8) is 0 Å². The van der Waals surface area contributed by atoms with Gasteiger partial charge < -0.3 is 15.0 Å². The minimum atomic E-state index is -3.74. The van der Waals surface area contributed by atoms with Crippen molar-refractivity contribution in [3.05, 3.63) is 77.9 Å². The SMILES string of the molecule is Cc1ccc(-c2nnc(Nc3ccc(C(=O)N(C)C)cc3)c3ccccc23)cc1S(=O)(=O)NC[C@@H]1CCCO1. The number of aryl methyl sites for hydroxylation is 1. The highest BCUT2D eigenvalue weighted by molar-refractivity contribution is 7.89. The van der Waals surface area contributed by atoms with Gasteiger partial charge in [-0.15, -0.1) is 10.2 Å². The van der Waals surface area contributed by atoms with Gasteiger partial charge in [-0.1, -0.05) is 36.4 Å². The number of ether oxygens (including phenoxy) is 1. The van der Waals surface area contributed by atoms with E-state index in [0.717, 1.165) is 29.3 Å². The first kappa shape index (κ1) is 26.7. The lowest BCUT2D eigenvalue weighted by Gasteiger charge is -2.15. The Morgan fingerprint density at radius 1 is 1.03 bits per heavy atom. The maximum Gasteiger partial charge on any atom is 0.253 e. The summed E-state index contributed by atoms with van der Waals surface area (Å²) < 4.78 is 34.6. The molecule has 1 fully saturated rings. The first-order chi connectivity index (χ1) is 18.7. The first-order valence-corrected chi connectivity index (χ1v) is 14.3. The van der Waals surface area contributed by atoms with Crippen LogP contribution in [0.5, 0.6) is 0 Å². The monoisotopic (exact) mass is 545 g/mol. The van der Waals surface area contributed by atoms with Crippen LogP contribution in [-0.2, 0) is 14.8 Å². The molecular formula is C29H31N5O4S. The fourth-order valence-electron chi connectivity index (χ4n) is 4.62.